The Balaban J connectivity index is 2.08. The van der Waals surface area contributed by atoms with Gasteiger partial charge in [-0.2, -0.15) is 4.39 Å². The minimum absolute atomic E-state index is 0.0240. The Labute approximate surface area is 116 Å². The minimum atomic E-state index is -0.919. The largest absolute Gasteiger partial charge is 0.490 e. The number of hydrogen-bond donors (Lipinski definition) is 0. The maximum Gasteiger partial charge on any atom is 0.200 e. The smallest absolute Gasteiger partial charge is 0.200 e. The van der Waals surface area contributed by atoms with Crippen LogP contribution in [0.2, 0.25) is 0 Å². The maximum atomic E-state index is 13.5. The van der Waals surface area contributed by atoms with Gasteiger partial charge >= 0.3 is 0 Å². The van der Waals surface area contributed by atoms with E-state index in [0.29, 0.717) is 11.1 Å². The molecule has 0 bridgehead atoms. The number of halogens is 4. The van der Waals surface area contributed by atoms with Crippen molar-refractivity contribution in [2.45, 2.75) is 19.3 Å². The van der Waals surface area contributed by atoms with Crippen LogP contribution >= 0.6 is 31.9 Å². The summed E-state index contributed by atoms with van der Waals surface area (Å²) in [6.45, 7) is 0.422. The highest BCUT2D eigenvalue weighted by Gasteiger charge is 2.37. The molecule has 0 amide bonds. The van der Waals surface area contributed by atoms with Crippen LogP contribution in [-0.2, 0) is 0 Å². The normalized spacial score (nSPS) is 17.6. The number of ether oxygens (including phenoxy) is 1. The molecule has 1 aromatic carbocycles. The second kappa shape index (κ2) is 5.22. The molecule has 0 spiro atoms. The third-order valence-electron chi connectivity index (χ3n) is 3.19. The average molecular weight is 370 g/mol. The lowest BCUT2D eigenvalue weighted by atomic mass is 9.71. The Morgan fingerprint density at radius 2 is 2.00 bits per heavy atom. The molecule has 0 radical (unpaired) electrons. The average Bonchev–Trinajstić information content (AvgIpc) is 2.23. The Bertz CT molecular complexity index is 414. The van der Waals surface area contributed by atoms with E-state index in [1.165, 1.54) is 12.5 Å². The van der Waals surface area contributed by atoms with Crippen LogP contribution in [0.1, 0.15) is 19.3 Å². The van der Waals surface area contributed by atoms with Crippen LogP contribution in [0.15, 0.2) is 16.6 Å². The first kappa shape index (κ1) is 13.3. The third-order valence-corrected chi connectivity index (χ3v) is 4.84. The SMILES string of the molecule is Fc1cc(Br)cc(OCC2(CBr)CCC2)c1F. The van der Waals surface area contributed by atoms with Gasteiger partial charge in [0.1, 0.15) is 0 Å². The molecule has 17 heavy (non-hydrogen) atoms. The fourth-order valence-electron chi connectivity index (χ4n) is 1.86. The molecule has 0 unspecified atom stereocenters. The summed E-state index contributed by atoms with van der Waals surface area (Å²) in [7, 11) is 0. The number of benzene rings is 1. The molecule has 1 saturated carbocycles. The first-order valence-electron chi connectivity index (χ1n) is 5.40. The second-order valence-electron chi connectivity index (χ2n) is 4.48. The fourth-order valence-corrected chi connectivity index (χ4v) is 2.99. The Kier molecular flexibility index (Phi) is 4.08. The lowest BCUT2D eigenvalue weighted by Gasteiger charge is -2.39. The van der Waals surface area contributed by atoms with Crippen LogP contribution in [0.25, 0.3) is 0 Å². The van der Waals surface area contributed by atoms with Crippen LogP contribution < -0.4 is 4.74 Å². The number of alkyl halides is 1. The minimum Gasteiger partial charge on any atom is -0.490 e. The molecule has 2 rings (SSSR count). The molecule has 0 N–H and O–H groups in total. The van der Waals surface area contributed by atoms with E-state index >= 15 is 0 Å². The molecule has 5 heteroatoms. The number of rotatable bonds is 4. The summed E-state index contributed by atoms with van der Waals surface area (Å²) in [5, 5.41) is 0.831. The molecular formula is C12H12Br2F2O. The van der Waals surface area contributed by atoms with Crippen LogP contribution in [-0.4, -0.2) is 11.9 Å². The highest BCUT2D eigenvalue weighted by Crippen LogP contribution is 2.43. The van der Waals surface area contributed by atoms with E-state index in [-0.39, 0.29) is 11.2 Å². The van der Waals surface area contributed by atoms with Gasteiger partial charge < -0.3 is 4.74 Å². The summed E-state index contributed by atoms with van der Waals surface area (Å²) in [6.07, 6.45) is 3.30. The van der Waals surface area contributed by atoms with E-state index in [4.69, 9.17) is 4.74 Å². The van der Waals surface area contributed by atoms with Crippen LogP contribution in [0.5, 0.6) is 5.75 Å². The monoisotopic (exact) mass is 368 g/mol. The van der Waals surface area contributed by atoms with Crippen molar-refractivity contribution in [2.24, 2.45) is 5.41 Å². The van der Waals surface area contributed by atoms with Crippen molar-refractivity contribution in [1.82, 2.24) is 0 Å². The second-order valence-corrected chi connectivity index (χ2v) is 5.95. The Morgan fingerprint density at radius 1 is 1.29 bits per heavy atom. The van der Waals surface area contributed by atoms with E-state index in [1.54, 1.807) is 0 Å². The van der Waals surface area contributed by atoms with Crippen molar-refractivity contribution < 1.29 is 13.5 Å². The summed E-state index contributed by atoms with van der Waals surface area (Å²) in [4.78, 5) is 0. The Hall–Kier alpha value is -0.160. The van der Waals surface area contributed by atoms with Gasteiger partial charge in [-0.3, -0.25) is 0 Å². The zero-order valence-electron chi connectivity index (χ0n) is 9.11. The highest BCUT2D eigenvalue weighted by atomic mass is 79.9. The van der Waals surface area contributed by atoms with E-state index in [9.17, 15) is 8.78 Å². The standard InChI is InChI=1S/C12H12Br2F2O/c13-6-12(2-1-3-12)7-17-10-5-8(14)4-9(15)11(10)16/h4-5H,1-3,6-7H2. The third kappa shape index (κ3) is 2.81. The summed E-state index contributed by atoms with van der Waals surface area (Å²) in [5.41, 5.74) is 0.0885. The molecule has 1 aromatic rings. The van der Waals surface area contributed by atoms with Crippen molar-refractivity contribution >= 4 is 31.9 Å². The molecular weight excluding hydrogens is 358 g/mol. The van der Waals surface area contributed by atoms with E-state index in [2.05, 4.69) is 31.9 Å². The molecule has 0 aromatic heterocycles. The number of hydrogen-bond acceptors (Lipinski definition) is 1. The van der Waals surface area contributed by atoms with Gasteiger partial charge in [-0.05, 0) is 25.0 Å². The van der Waals surface area contributed by atoms with E-state index in [0.717, 1.165) is 24.2 Å². The van der Waals surface area contributed by atoms with Gasteiger partial charge in [0, 0.05) is 15.2 Å². The summed E-state index contributed by atoms with van der Waals surface area (Å²) in [5.74, 6) is -1.84. The topological polar surface area (TPSA) is 9.23 Å². The van der Waals surface area contributed by atoms with Crippen molar-refractivity contribution in [3.8, 4) is 5.75 Å². The molecule has 1 nitrogen and oxygen atoms in total. The zero-order valence-corrected chi connectivity index (χ0v) is 12.3. The molecule has 0 aliphatic heterocycles. The molecule has 1 fully saturated rings. The van der Waals surface area contributed by atoms with Gasteiger partial charge in [-0.15, -0.1) is 0 Å². The van der Waals surface area contributed by atoms with Crippen molar-refractivity contribution in [2.75, 3.05) is 11.9 Å². The van der Waals surface area contributed by atoms with Gasteiger partial charge in [0.05, 0.1) is 6.61 Å². The quantitative estimate of drug-likeness (QED) is 0.553. The zero-order chi connectivity index (χ0) is 12.5. The van der Waals surface area contributed by atoms with Crippen LogP contribution in [0.4, 0.5) is 8.78 Å². The predicted molar refractivity (Wildman–Crippen MR) is 69.6 cm³/mol. The van der Waals surface area contributed by atoms with Crippen molar-refractivity contribution in [1.29, 1.82) is 0 Å². The Morgan fingerprint density at radius 3 is 2.53 bits per heavy atom. The van der Waals surface area contributed by atoms with Crippen molar-refractivity contribution in [3.63, 3.8) is 0 Å². The molecule has 0 heterocycles. The highest BCUT2D eigenvalue weighted by molar-refractivity contribution is 9.10. The molecule has 0 atom stereocenters. The van der Waals surface area contributed by atoms with Gasteiger partial charge in [-0.1, -0.05) is 38.3 Å². The summed E-state index contributed by atoms with van der Waals surface area (Å²) < 4.78 is 32.5. The van der Waals surface area contributed by atoms with Crippen molar-refractivity contribution in [3.05, 3.63) is 28.2 Å². The van der Waals surface area contributed by atoms with E-state index in [1.807, 2.05) is 0 Å². The first-order valence-corrected chi connectivity index (χ1v) is 7.31. The summed E-state index contributed by atoms with van der Waals surface area (Å²) in [6, 6.07) is 2.55. The van der Waals surface area contributed by atoms with Gasteiger partial charge in [0.15, 0.2) is 11.6 Å². The fraction of sp³-hybridized carbons (Fsp3) is 0.500. The molecule has 1 aliphatic rings. The van der Waals surface area contributed by atoms with E-state index < -0.39 is 11.6 Å². The van der Waals surface area contributed by atoms with Gasteiger partial charge in [-0.25, -0.2) is 4.39 Å². The van der Waals surface area contributed by atoms with Crippen LogP contribution in [0.3, 0.4) is 0 Å². The van der Waals surface area contributed by atoms with Gasteiger partial charge in [0.25, 0.3) is 0 Å². The molecule has 0 saturated heterocycles. The summed E-state index contributed by atoms with van der Waals surface area (Å²) >= 11 is 6.57. The lowest BCUT2D eigenvalue weighted by molar-refractivity contribution is 0.0808. The maximum absolute atomic E-state index is 13.5. The first-order chi connectivity index (χ1) is 8.06. The molecule has 94 valence electrons. The predicted octanol–water partition coefficient (Wildman–Crippen LogP) is 4.67. The van der Waals surface area contributed by atoms with Crippen LogP contribution in [0, 0.1) is 17.0 Å². The lowest BCUT2D eigenvalue weighted by Crippen LogP contribution is -2.37. The van der Waals surface area contributed by atoms with Gasteiger partial charge in [0.2, 0.25) is 5.82 Å². The molecule has 1 aliphatic carbocycles.